The monoisotopic (exact) mass is 531 g/mol. The summed E-state index contributed by atoms with van der Waals surface area (Å²) in [4.78, 5) is 35.6. The number of carbonyl (C=O) groups excluding carboxylic acids is 2. The van der Waals surface area contributed by atoms with Gasteiger partial charge >= 0.3 is 0 Å². The number of methoxy groups -OCH3 is 1. The summed E-state index contributed by atoms with van der Waals surface area (Å²) >= 11 is 8.74. The Balaban J connectivity index is 1.44. The van der Waals surface area contributed by atoms with Crippen molar-refractivity contribution in [2.45, 2.75) is 38.9 Å². The molecule has 2 aromatic heterocycles. The van der Waals surface area contributed by atoms with Crippen molar-refractivity contribution in [3.05, 3.63) is 81.3 Å². The van der Waals surface area contributed by atoms with Crippen LogP contribution in [0.15, 0.2) is 54.6 Å². The molecule has 1 saturated heterocycles. The number of rotatable bonds is 6. The zero-order valence-corrected chi connectivity index (χ0v) is 22.1. The molecule has 0 aliphatic carbocycles. The molecule has 2 amide bonds. The summed E-state index contributed by atoms with van der Waals surface area (Å²) in [6.07, 6.45) is 1.40. The molecular formula is C29H26ClN3O3S. The van der Waals surface area contributed by atoms with Crippen molar-refractivity contribution in [2.75, 3.05) is 13.7 Å². The van der Waals surface area contributed by atoms with Gasteiger partial charge in [-0.3, -0.25) is 19.4 Å². The molecule has 0 spiro atoms. The van der Waals surface area contributed by atoms with Crippen LogP contribution < -0.4 is 4.74 Å². The lowest BCUT2D eigenvalue weighted by Crippen LogP contribution is -2.29. The molecule has 2 aromatic carbocycles. The van der Waals surface area contributed by atoms with Gasteiger partial charge in [0.2, 0.25) is 11.8 Å². The van der Waals surface area contributed by atoms with Crippen molar-refractivity contribution in [3.63, 3.8) is 0 Å². The second kappa shape index (κ2) is 9.89. The maximum absolute atomic E-state index is 12.4. The molecule has 37 heavy (non-hydrogen) atoms. The van der Waals surface area contributed by atoms with Crippen LogP contribution in [-0.2, 0) is 35.6 Å². The Bertz CT molecular complexity index is 1480. The Labute approximate surface area is 224 Å². The number of carbonyl (C=O) groups is 2. The molecule has 0 unspecified atom stereocenters. The molecule has 0 atom stereocenters. The number of halogens is 1. The van der Waals surface area contributed by atoms with E-state index in [4.69, 9.17) is 21.3 Å². The van der Waals surface area contributed by atoms with Crippen molar-refractivity contribution in [3.8, 4) is 16.9 Å². The van der Waals surface area contributed by atoms with E-state index < -0.39 is 0 Å². The number of imide groups is 1. The molecule has 2 aliphatic rings. The summed E-state index contributed by atoms with van der Waals surface area (Å²) in [5.41, 5.74) is 5.03. The van der Waals surface area contributed by atoms with Gasteiger partial charge in [0.1, 0.15) is 10.6 Å². The van der Waals surface area contributed by atoms with Gasteiger partial charge in [0.25, 0.3) is 0 Å². The van der Waals surface area contributed by atoms with E-state index in [1.54, 1.807) is 18.4 Å². The highest BCUT2D eigenvalue weighted by molar-refractivity contribution is 7.19. The van der Waals surface area contributed by atoms with Crippen LogP contribution in [0.2, 0.25) is 5.02 Å². The minimum atomic E-state index is -0.170. The number of amides is 2. The predicted octanol–water partition coefficient (Wildman–Crippen LogP) is 5.83. The molecule has 0 radical (unpaired) electrons. The van der Waals surface area contributed by atoms with Gasteiger partial charge in [0.15, 0.2) is 0 Å². The van der Waals surface area contributed by atoms with Crippen LogP contribution in [-0.4, -0.2) is 40.3 Å². The third-order valence-electron chi connectivity index (χ3n) is 7.17. The van der Waals surface area contributed by atoms with E-state index in [-0.39, 0.29) is 31.2 Å². The fraction of sp³-hybridized carbons (Fsp3) is 0.276. The van der Waals surface area contributed by atoms with Crippen LogP contribution in [0.5, 0.6) is 5.75 Å². The lowest BCUT2D eigenvalue weighted by atomic mass is 9.95. The first-order chi connectivity index (χ1) is 18.0. The SMILES string of the molecule is COc1ccc(-c2c(Cl)c(CN3C(=O)CCC3=O)nc3sc4c(c23)CCN(Cc2ccccc2)C4)cc1. The highest BCUT2D eigenvalue weighted by Crippen LogP contribution is 2.45. The number of pyridine rings is 1. The Kier molecular flexibility index (Phi) is 6.44. The third-order valence-corrected chi connectivity index (χ3v) is 8.68. The number of aromatic nitrogens is 1. The molecule has 0 saturated carbocycles. The number of likely N-dealkylation sites (tertiary alicyclic amines) is 1. The molecule has 0 bridgehead atoms. The molecule has 6 nitrogen and oxygen atoms in total. The van der Waals surface area contributed by atoms with Crippen LogP contribution in [0, 0.1) is 0 Å². The van der Waals surface area contributed by atoms with Crippen LogP contribution in [0.3, 0.4) is 0 Å². The quantitative estimate of drug-likeness (QED) is 0.293. The van der Waals surface area contributed by atoms with Crippen molar-refractivity contribution < 1.29 is 14.3 Å². The topological polar surface area (TPSA) is 62.7 Å². The molecule has 1 fully saturated rings. The van der Waals surface area contributed by atoms with Gasteiger partial charge in [-0.1, -0.05) is 54.1 Å². The number of benzene rings is 2. The fourth-order valence-corrected chi connectivity index (χ4v) is 6.86. The second-order valence-electron chi connectivity index (χ2n) is 9.48. The predicted molar refractivity (Wildman–Crippen MR) is 146 cm³/mol. The minimum absolute atomic E-state index is 0.0955. The molecule has 6 rings (SSSR count). The molecular weight excluding hydrogens is 506 g/mol. The van der Waals surface area contributed by atoms with Crippen LogP contribution in [0.1, 0.15) is 34.5 Å². The molecule has 4 heterocycles. The first kappa shape index (κ1) is 24.1. The van der Waals surface area contributed by atoms with Crippen molar-refractivity contribution in [1.29, 1.82) is 0 Å². The average Bonchev–Trinajstić information content (AvgIpc) is 3.43. The maximum atomic E-state index is 12.4. The van der Waals surface area contributed by atoms with Crippen LogP contribution >= 0.6 is 22.9 Å². The van der Waals surface area contributed by atoms with E-state index >= 15 is 0 Å². The number of fused-ring (bicyclic) bond motifs is 3. The smallest absolute Gasteiger partial charge is 0.230 e. The Hall–Kier alpha value is -3.26. The van der Waals surface area contributed by atoms with E-state index in [2.05, 4.69) is 29.2 Å². The number of hydrogen-bond acceptors (Lipinski definition) is 6. The number of ether oxygens (including phenoxy) is 1. The third kappa shape index (κ3) is 4.52. The fourth-order valence-electron chi connectivity index (χ4n) is 5.26. The van der Waals surface area contributed by atoms with Crippen molar-refractivity contribution in [1.82, 2.24) is 14.8 Å². The van der Waals surface area contributed by atoms with Crippen molar-refractivity contribution in [2.24, 2.45) is 0 Å². The number of nitrogens with zero attached hydrogens (tertiary/aromatic N) is 3. The summed E-state index contributed by atoms with van der Waals surface area (Å²) < 4.78 is 5.36. The standard InChI is InChI=1S/C29H26ClN3O3S/c1-36-20-9-7-19(8-10-20)26-27-21-13-14-32(15-18-5-3-2-4-6-18)17-23(21)37-29(27)31-22(28(26)30)16-33-24(34)11-12-25(33)35/h2-10H,11-17H2,1H3. The van der Waals surface area contributed by atoms with Gasteiger partial charge < -0.3 is 4.74 Å². The highest BCUT2D eigenvalue weighted by atomic mass is 35.5. The lowest BCUT2D eigenvalue weighted by molar-refractivity contribution is -0.139. The normalized spacial score (nSPS) is 16.0. The first-order valence-electron chi connectivity index (χ1n) is 12.4. The minimum Gasteiger partial charge on any atom is -0.497 e. The molecule has 4 aromatic rings. The largest absolute Gasteiger partial charge is 0.497 e. The number of thiophene rings is 1. The van der Waals surface area contributed by atoms with Crippen LogP contribution in [0.25, 0.3) is 21.3 Å². The van der Waals surface area contributed by atoms with E-state index in [0.717, 1.165) is 53.1 Å². The summed E-state index contributed by atoms with van der Waals surface area (Å²) in [5.74, 6) is 0.425. The summed E-state index contributed by atoms with van der Waals surface area (Å²) in [7, 11) is 1.64. The zero-order valence-electron chi connectivity index (χ0n) is 20.5. The molecule has 188 valence electrons. The Morgan fingerprint density at radius 2 is 1.70 bits per heavy atom. The van der Waals surface area contributed by atoms with Gasteiger partial charge in [-0.15, -0.1) is 11.3 Å². The summed E-state index contributed by atoms with van der Waals surface area (Å²) in [6.45, 7) is 2.80. The lowest BCUT2D eigenvalue weighted by Gasteiger charge is -2.27. The second-order valence-corrected chi connectivity index (χ2v) is 10.9. The molecule has 0 N–H and O–H groups in total. The molecule has 2 aliphatic heterocycles. The Morgan fingerprint density at radius 3 is 2.41 bits per heavy atom. The summed E-state index contributed by atoms with van der Waals surface area (Å²) in [5, 5.41) is 1.58. The van der Waals surface area contributed by atoms with Gasteiger partial charge in [-0.25, -0.2) is 4.98 Å². The van der Waals surface area contributed by atoms with E-state index in [0.29, 0.717) is 10.7 Å². The van der Waals surface area contributed by atoms with Gasteiger partial charge in [0.05, 0.1) is 24.4 Å². The van der Waals surface area contributed by atoms with E-state index in [1.807, 2.05) is 30.3 Å². The van der Waals surface area contributed by atoms with E-state index in [1.165, 1.54) is 20.9 Å². The number of hydrogen-bond donors (Lipinski definition) is 0. The Morgan fingerprint density at radius 1 is 0.973 bits per heavy atom. The maximum Gasteiger partial charge on any atom is 0.230 e. The van der Waals surface area contributed by atoms with Gasteiger partial charge in [-0.2, -0.15) is 0 Å². The van der Waals surface area contributed by atoms with Crippen molar-refractivity contribution >= 4 is 45.0 Å². The molecule has 8 heteroatoms. The first-order valence-corrected chi connectivity index (χ1v) is 13.6. The van der Waals surface area contributed by atoms with Crippen LogP contribution in [0.4, 0.5) is 0 Å². The van der Waals surface area contributed by atoms with E-state index in [9.17, 15) is 9.59 Å². The summed E-state index contributed by atoms with van der Waals surface area (Å²) in [6, 6.07) is 18.4. The zero-order chi connectivity index (χ0) is 25.5. The van der Waals surface area contributed by atoms with Gasteiger partial charge in [-0.05, 0) is 35.2 Å². The average molecular weight is 532 g/mol. The highest BCUT2D eigenvalue weighted by Gasteiger charge is 2.32. The van der Waals surface area contributed by atoms with Gasteiger partial charge in [0, 0.05) is 48.3 Å².